The van der Waals surface area contributed by atoms with Crippen molar-refractivity contribution < 1.29 is 14.3 Å². The van der Waals surface area contributed by atoms with E-state index in [1.54, 1.807) is 5.01 Å². The third-order valence-electron chi connectivity index (χ3n) is 4.46. The molecular weight excluding hydrogens is 432 g/mol. The van der Waals surface area contributed by atoms with E-state index >= 15 is 0 Å². The molecule has 0 fully saturated rings. The second-order valence-electron chi connectivity index (χ2n) is 6.03. The number of hydrogen-bond donors (Lipinski definition) is 1. The first-order valence-electron chi connectivity index (χ1n) is 8.14. The average molecular weight is 445 g/mol. The number of carbonyl (C=O) groups excluding carboxylic acids is 1. The van der Waals surface area contributed by atoms with E-state index in [1.165, 1.54) is 11.8 Å². The van der Waals surface area contributed by atoms with Gasteiger partial charge in [0.2, 0.25) is 6.79 Å². The molecule has 0 spiro atoms. The molecule has 0 aliphatic carbocycles. The first-order valence-corrected chi connectivity index (χ1v) is 10.2. The number of amidine groups is 1. The van der Waals surface area contributed by atoms with Crippen LogP contribution in [0.2, 0.25) is 0 Å². The number of amides is 1. The highest BCUT2D eigenvalue weighted by atomic mass is 79.9. The summed E-state index contributed by atoms with van der Waals surface area (Å²) in [5.41, 5.74) is 1.34. The number of hydrogen-bond acceptors (Lipinski definition) is 7. The van der Waals surface area contributed by atoms with Crippen LogP contribution in [0.15, 0.2) is 51.0 Å². The summed E-state index contributed by atoms with van der Waals surface area (Å²) in [4.78, 5) is 17.7. The van der Waals surface area contributed by atoms with Crippen molar-refractivity contribution >= 4 is 44.5 Å². The standard InChI is InChI=1S/C18H13BrN4O3S/c1-27-18-21-17(24)15-11-7-10(19)3-4-12(11)20-16(23(15)22-18)9-2-5-13-14(6-9)26-8-25-13/h2-7,16H,8H2,1H3,(H,21,22,24). The van der Waals surface area contributed by atoms with Crippen molar-refractivity contribution in [2.24, 2.45) is 10.1 Å². The molecular formula is C18H13BrN4O3S. The smallest absolute Gasteiger partial charge is 0.276 e. The first kappa shape index (κ1) is 16.6. The van der Waals surface area contributed by atoms with E-state index < -0.39 is 6.17 Å². The molecule has 0 radical (unpaired) electrons. The molecule has 3 aliphatic heterocycles. The predicted octanol–water partition coefficient (Wildman–Crippen LogP) is 1.68. The normalized spacial score (nSPS) is 19.7. The minimum Gasteiger partial charge on any atom is -0.454 e. The van der Waals surface area contributed by atoms with Crippen LogP contribution in [0, 0.1) is 0 Å². The van der Waals surface area contributed by atoms with Crippen molar-refractivity contribution in [2.45, 2.75) is 6.17 Å². The predicted molar refractivity (Wildman–Crippen MR) is 105 cm³/mol. The van der Waals surface area contributed by atoms with Crippen LogP contribution in [0.5, 0.6) is 11.5 Å². The molecule has 5 rings (SSSR count). The zero-order chi connectivity index (χ0) is 18.5. The summed E-state index contributed by atoms with van der Waals surface area (Å²) in [7, 11) is 0. The van der Waals surface area contributed by atoms with Crippen LogP contribution in [0.25, 0.3) is 5.70 Å². The summed E-state index contributed by atoms with van der Waals surface area (Å²) >= 11 is 4.85. The molecule has 1 unspecified atom stereocenters. The fourth-order valence-electron chi connectivity index (χ4n) is 3.23. The fourth-order valence-corrected chi connectivity index (χ4v) is 3.96. The van der Waals surface area contributed by atoms with Gasteiger partial charge in [-0.15, -0.1) is 5.10 Å². The SMILES string of the molecule is CSC1=NN2C(=c3cc(Br)ccc3=NC2c2ccc3c(c2)OCO3)C(=O)N1. The first-order chi connectivity index (χ1) is 13.1. The number of benzene rings is 2. The summed E-state index contributed by atoms with van der Waals surface area (Å²) in [6.45, 7) is 0.204. The molecule has 2 aromatic rings. The van der Waals surface area contributed by atoms with E-state index in [-0.39, 0.29) is 12.7 Å². The third-order valence-corrected chi connectivity index (χ3v) is 5.52. The van der Waals surface area contributed by atoms with Gasteiger partial charge >= 0.3 is 0 Å². The number of carbonyl (C=O) groups is 1. The quantitative estimate of drug-likeness (QED) is 0.723. The molecule has 0 saturated carbocycles. The van der Waals surface area contributed by atoms with Crippen LogP contribution < -0.4 is 25.4 Å². The monoisotopic (exact) mass is 444 g/mol. The molecule has 3 aliphatic rings. The summed E-state index contributed by atoms with van der Waals surface area (Å²) in [5, 5.41) is 11.1. The minimum atomic E-state index is -0.476. The van der Waals surface area contributed by atoms with E-state index in [1.807, 2.05) is 42.7 Å². The maximum atomic E-state index is 12.9. The van der Waals surface area contributed by atoms with Crippen molar-refractivity contribution in [2.75, 3.05) is 13.0 Å². The highest BCUT2D eigenvalue weighted by Gasteiger charge is 2.34. The molecule has 0 aromatic heterocycles. The molecule has 3 heterocycles. The van der Waals surface area contributed by atoms with Crippen molar-refractivity contribution in [1.29, 1.82) is 0 Å². The summed E-state index contributed by atoms with van der Waals surface area (Å²) in [5.74, 6) is 1.17. The minimum absolute atomic E-state index is 0.200. The van der Waals surface area contributed by atoms with Crippen molar-refractivity contribution in [1.82, 2.24) is 10.3 Å². The number of nitrogens with one attached hydrogen (secondary N) is 1. The second-order valence-corrected chi connectivity index (χ2v) is 7.74. The van der Waals surface area contributed by atoms with Gasteiger partial charge in [0.1, 0.15) is 5.70 Å². The van der Waals surface area contributed by atoms with Crippen molar-refractivity contribution in [3.8, 4) is 11.5 Å². The Morgan fingerprint density at radius 2 is 2.07 bits per heavy atom. The van der Waals surface area contributed by atoms with Gasteiger partial charge in [-0.3, -0.25) is 15.1 Å². The van der Waals surface area contributed by atoms with Gasteiger partial charge in [-0.05, 0) is 36.6 Å². The number of rotatable bonds is 1. The van der Waals surface area contributed by atoms with Gasteiger partial charge in [-0.25, -0.2) is 5.01 Å². The number of thioether (sulfide) groups is 1. The van der Waals surface area contributed by atoms with E-state index in [9.17, 15) is 4.79 Å². The Kier molecular flexibility index (Phi) is 3.87. The molecule has 7 nitrogen and oxygen atoms in total. The van der Waals surface area contributed by atoms with Crippen molar-refractivity contribution in [3.63, 3.8) is 0 Å². The molecule has 27 heavy (non-hydrogen) atoms. The highest BCUT2D eigenvalue weighted by molar-refractivity contribution is 9.10. The largest absolute Gasteiger partial charge is 0.454 e. The molecule has 0 bridgehead atoms. The van der Waals surface area contributed by atoms with Gasteiger partial charge in [-0.1, -0.05) is 33.8 Å². The van der Waals surface area contributed by atoms with Crippen LogP contribution in [-0.4, -0.2) is 29.1 Å². The van der Waals surface area contributed by atoms with E-state index in [4.69, 9.17) is 14.5 Å². The Balaban J connectivity index is 1.75. The summed E-state index contributed by atoms with van der Waals surface area (Å²) in [6, 6.07) is 11.4. The van der Waals surface area contributed by atoms with Gasteiger partial charge < -0.3 is 9.47 Å². The van der Waals surface area contributed by atoms with Gasteiger partial charge in [0.15, 0.2) is 22.8 Å². The van der Waals surface area contributed by atoms with E-state index in [0.29, 0.717) is 22.4 Å². The topological polar surface area (TPSA) is 75.5 Å². The van der Waals surface area contributed by atoms with Crippen molar-refractivity contribution in [3.05, 3.63) is 57.0 Å². The molecule has 2 aromatic carbocycles. The molecule has 0 saturated heterocycles. The van der Waals surface area contributed by atoms with Crippen LogP contribution in [-0.2, 0) is 4.79 Å². The zero-order valence-electron chi connectivity index (χ0n) is 14.1. The van der Waals surface area contributed by atoms with Gasteiger partial charge in [-0.2, -0.15) is 0 Å². The maximum absolute atomic E-state index is 12.9. The Labute approximate surface area is 166 Å². The summed E-state index contributed by atoms with van der Waals surface area (Å²) < 4.78 is 11.8. The van der Waals surface area contributed by atoms with Crippen LogP contribution in [0.4, 0.5) is 0 Å². The number of hydrazone groups is 1. The third kappa shape index (κ3) is 2.69. The molecule has 136 valence electrons. The van der Waals surface area contributed by atoms with Gasteiger partial charge in [0.05, 0.1) is 5.36 Å². The highest BCUT2D eigenvalue weighted by Crippen LogP contribution is 2.37. The zero-order valence-corrected chi connectivity index (χ0v) is 16.5. The Bertz CT molecular complexity index is 1130. The average Bonchev–Trinajstić information content (AvgIpc) is 3.14. The molecule has 1 N–H and O–H groups in total. The summed E-state index contributed by atoms with van der Waals surface area (Å²) in [6.07, 6.45) is 1.39. The lowest BCUT2D eigenvalue weighted by Crippen LogP contribution is -2.50. The lowest BCUT2D eigenvalue weighted by molar-refractivity contribution is -0.116. The molecule has 1 amide bonds. The maximum Gasteiger partial charge on any atom is 0.276 e. The Morgan fingerprint density at radius 1 is 1.22 bits per heavy atom. The van der Waals surface area contributed by atoms with E-state index in [0.717, 1.165) is 20.6 Å². The number of nitrogens with zero attached hydrogens (tertiary/aromatic N) is 3. The van der Waals surface area contributed by atoms with Crippen LogP contribution in [0.1, 0.15) is 11.7 Å². The van der Waals surface area contributed by atoms with Gasteiger partial charge in [0.25, 0.3) is 5.91 Å². The number of halogens is 1. The second kappa shape index (κ2) is 6.28. The Hall–Kier alpha value is -2.52. The molecule has 9 heteroatoms. The van der Waals surface area contributed by atoms with Crippen LogP contribution in [0.3, 0.4) is 0 Å². The molecule has 1 atom stereocenters. The fraction of sp³-hybridized carbons (Fsp3) is 0.167. The lowest BCUT2D eigenvalue weighted by atomic mass is 10.1. The van der Waals surface area contributed by atoms with E-state index in [2.05, 4.69) is 26.3 Å². The lowest BCUT2D eigenvalue weighted by Gasteiger charge is -2.34. The van der Waals surface area contributed by atoms with Gasteiger partial charge in [0, 0.05) is 15.3 Å². The van der Waals surface area contributed by atoms with Crippen LogP contribution >= 0.6 is 27.7 Å². The number of fused-ring (bicyclic) bond motifs is 3. The Morgan fingerprint density at radius 3 is 2.93 bits per heavy atom. The number of ether oxygens (including phenoxy) is 2.